The maximum absolute atomic E-state index is 9.84. The van der Waals surface area contributed by atoms with Gasteiger partial charge in [-0.1, -0.05) is 51.1 Å². The smallest absolute Gasteiger partial charge is 0.252 e. The van der Waals surface area contributed by atoms with E-state index in [-0.39, 0.29) is 6.61 Å². The van der Waals surface area contributed by atoms with Crippen molar-refractivity contribution in [3.8, 4) is 0 Å². The Bertz CT molecular complexity index is 482. The lowest BCUT2D eigenvalue weighted by atomic mass is 10.1. The normalized spacial score (nSPS) is 12.3. The molecule has 1 aromatic carbocycles. The average Bonchev–Trinajstić information content (AvgIpc) is 2.54. The number of ether oxygens (including phenoxy) is 1. The molecule has 0 fully saturated rings. The van der Waals surface area contributed by atoms with Crippen LogP contribution in [0.3, 0.4) is 0 Å². The van der Waals surface area contributed by atoms with E-state index in [1.165, 1.54) is 0 Å². The summed E-state index contributed by atoms with van der Waals surface area (Å²) in [6, 6.07) is 9.04. The zero-order chi connectivity index (χ0) is 19.1. The van der Waals surface area contributed by atoms with Gasteiger partial charge in [0, 0.05) is 6.42 Å². The summed E-state index contributed by atoms with van der Waals surface area (Å²) in [4.78, 5) is 15.3. The van der Waals surface area contributed by atoms with E-state index in [9.17, 15) is 15.0 Å². The second-order valence-corrected chi connectivity index (χ2v) is 5.91. The van der Waals surface area contributed by atoms with E-state index in [1.807, 2.05) is 25.1 Å². The Balaban J connectivity index is 0.000000472. The molecule has 25 heavy (non-hydrogen) atoms. The van der Waals surface area contributed by atoms with Gasteiger partial charge in [-0.3, -0.25) is 0 Å². The maximum Gasteiger partial charge on any atom is 0.252 e. The first-order valence-corrected chi connectivity index (χ1v) is 8.64. The Kier molecular flexibility index (Phi) is 13.1. The third kappa shape index (κ3) is 14.0. The molecule has 6 nitrogen and oxygen atoms in total. The number of carbonyl (C=O) groups excluding carboxylic acids is 1. The third-order valence-corrected chi connectivity index (χ3v) is 2.97. The molecule has 1 aromatic rings. The quantitative estimate of drug-likeness (QED) is 0.404. The molecule has 0 aliphatic heterocycles. The second kappa shape index (κ2) is 14.3. The molecule has 0 amide bonds. The van der Waals surface area contributed by atoms with Crippen LogP contribution in [-0.4, -0.2) is 24.4 Å². The van der Waals surface area contributed by atoms with Crippen LogP contribution in [0.15, 0.2) is 42.3 Å². The van der Waals surface area contributed by atoms with E-state index >= 15 is 0 Å². The van der Waals surface area contributed by atoms with Crippen LogP contribution in [0.4, 0.5) is 4.79 Å². The Hall–Kier alpha value is -2.05. The molecule has 6 heteroatoms. The van der Waals surface area contributed by atoms with Crippen molar-refractivity contribution in [3.63, 3.8) is 0 Å². The minimum Gasteiger partial charge on any atom is -0.545 e. The molecular formula is C19H31NO5. The van der Waals surface area contributed by atoms with Gasteiger partial charge in [0.05, 0.1) is 6.61 Å². The number of hydrogen-bond acceptors (Lipinski definition) is 5. The fraction of sp³-hybridized carbons (Fsp3) is 0.526. The van der Waals surface area contributed by atoms with Crippen molar-refractivity contribution in [3.05, 3.63) is 47.9 Å². The molecule has 1 unspecified atom stereocenters. The van der Waals surface area contributed by atoms with Gasteiger partial charge in [0.15, 0.2) is 6.20 Å². The number of carbonyl (C=O) groups is 1. The van der Waals surface area contributed by atoms with Crippen molar-refractivity contribution < 1.29 is 29.6 Å². The number of hydroxylamine groups is 2. The zero-order valence-corrected chi connectivity index (χ0v) is 15.7. The number of allylic oxidation sites excluding steroid dienone is 1. The molecule has 1 rings (SSSR count). The lowest BCUT2D eigenvalue weighted by molar-refractivity contribution is -1.05. The number of hydrogen-bond donors (Lipinski definition) is 2. The minimum atomic E-state index is -1.49. The molecule has 0 aromatic heterocycles. The lowest BCUT2D eigenvalue weighted by Gasteiger charge is -2.12. The average molecular weight is 353 g/mol. The summed E-state index contributed by atoms with van der Waals surface area (Å²) in [5, 5.41) is 20.3. The fourth-order valence-corrected chi connectivity index (χ4v) is 2.00. The highest BCUT2D eigenvalue weighted by Crippen LogP contribution is 2.05. The maximum atomic E-state index is 9.84. The SMILES string of the molecule is CCC[NH+](C=C(O)CC(C)C)OCC.O=C([O-])OCc1ccccc1. The van der Waals surface area contributed by atoms with Gasteiger partial charge in [-0.05, 0) is 24.8 Å². The highest BCUT2D eigenvalue weighted by atomic mass is 16.7. The van der Waals surface area contributed by atoms with Crippen molar-refractivity contribution in [1.82, 2.24) is 0 Å². The van der Waals surface area contributed by atoms with Gasteiger partial charge in [-0.25, -0.2) is 0 Å². The molecule has 0 aliphatic rings. The van der Waals surface area contributed by atoms with Crippen LogP contribution in [0.1, 0.15) is 46.1 Å². The fourth-order valence-electron chi connectivity index (χ4n) is 2.00. The standard InChI is InChI=1S/C11H23NO2.C8H8O3/c1-5-7-12(14-6-2)9-11(13)8-10(3)4;9-8(10)11-6-7-4-2-1-3-5-7/h9-10,13H,5-8H2,1-4H3;1-5H,6H2,(H,9,10). The minimum absolute atomic E-state index is 0.0587. The van der Waals surface area contributed by atoms with E-state index in [0.717, 1.165) is 30.0 Å². The molecule has 0 saturated heterocycles. The third-order valence-electron chi connectivity index (χ3n) is 2.97. The molecule has 0 aliphatic carbocycles. The highest BCUT2D eigenvalue weighted by Gasteiger charge is 2.07. The van der Waals surface area contributed by atoms with Crippen molar-refractivity contribution in [2.75, 3.05) is 13.2 Å². The lowest BCUT2D eigenvalue weighted by Crippen LogP contribution is -3.06. The van der Waals surface area contributed by atoms with Gasteiger partial charge in [-0.2, -0.15) is 9.90 Å². The number of rotatable bonds is 9. The number of carboxylic acid groups (broad SMARTS) is 1. The number of benzene rings is 1. The molecule has 0 bridgehead atoms. The molecule has 0 spiro atoms. The van der Waals surface area contributed by atoms with E-state index in [4.69, 9.17) is 4.84 Å². The van der Waals surface area contributed by atoms with Crippen LogP contribution < -0.4 is 10.2 Å². The first-order chi connectivity index (χ1) is 11.9. The molecule has 1 atom stereocenters. The largest absolute Gasteiger partial charge is 0.545 e. The van der Waals surface area contributed by atoms with Crippen molar-refractivity contribution in [2.45, 2.75) is 47.1 Å². The van der Waals surface area contributed by atoms with E-state index in [1.54, 1.807) is 18.3 Å². The van der Waals surface area contributed by atoms with Crippen LogP contribution in [0, 0.1) is 5.92 Å². The summed E-state index contributed by atoms with van der Waals surface area (Å²) >= 11 is 0. The zero-order valence-electron chi connectivity index (χ0n) is 15.7. The Labute approximate surface area is 150 Å². The molecule has 2 N–H and O–H groups in total. The van der Waals surface area contributed by atoms with Crippen molar-refractivity contribution >= 4 is 6.16 Å². The first kappa shape index (κ1) is 22.9. The molecular weight excluding hydrogens is 322 g/mol. The van der Waals surface area contributed by atoms with E-state index < -0.39 is 6.16 Å². The first-order valence-electron chi connectivity index (χ1n) is 8.64. The van der Waals surface area contributed by atoms with Gasteiger partial charge in [-0.15, -0.1) is 0 Å². The van der Waals surface area contributed by atoms with E-state index in [0.29, 0.717) is 18.3 Å². The Morgan fingerprint density at radius 2 is 1.92 bits per heavy atom. The van der Waals surface area contributed by atoms with E-state index in [2.05, 4.69) is 25.5 Å². The monoisotopic (exact) mass is 353 g/mol. The van der Waals surface area contributed by atoms with Gasteiger partial charge >= 0.3 is 0 Å². The molecule has 0 radical (unpaired) electrons. The van der Waals surface area contributed by atoms with Crippen LogP contribution in [0.5, 0.6) is 0 Å². The molecule has 142 valence electrons. The summed E-state index contributed by atoms with van der Waals surface area (Å²) in [6.45, 7) is 9.86. The summed E-state index contributed by atoms with van der Waals surface area (Å²) in [5.41, 5.74) is 0.816. The number of aliphatic hydroxyl groups excluding tert-OH is 1. The number of nitrogens with one attached hydrogen (secondary N) is 1. The summed E-state index contributed by atoms with van der Waals surface area (Å²) in [5.74, 6) is 0.910. The Morgan fingerprint density at radius 1 is 1.28 bits per heavy atom. The van der Waals surface area contributed by atoms with Gasteiger partial charge in [0.25, 0.3) is 6.16 Å². The second-order valence-electron chi connectivity index (χ2n) is 5.91. The Morgan fingerprint density at radius 3 is 2.40 bits per heavy atom. The molecule has 0 saturated carbocycles. The predicted molar refractivity (Wildman–Crippen MR) is 94.5 cm³/mol. The number of aliphatic hydroxyl groups is 1. The van der Waals surface area contributed by atoms with Crippen LogP contribution >= 0.6 is 0 Å². The van der Waals surface area contributed by atoms with Gasteiger partial charge < -0.3 is 19.7 Å². The summed E-state index contributed by atoms with van der Waals surface area (Å²) in [6.07, 6.45) is 2.04. The predicted octanol–water partition coefficient (Wildman–Crippen LogP) is 2.22. The van der Waals surface area contributed by atoms with Gasteiger partial charge in [0.1, 0.15) is 18.9 Å². The van der Waals surface area contributed by atoms with Crippen LogP contribution in [-0.2, 0) is 16.2 Å². The summed E-state index contributed by atoms with van der Waals surface area (Å²) in [7, 11) is 0. The highest BCUT2D eigenvalue weighted by molar-refractivity contribution is 5.54. The topological polar surface area (TPSA) is 83.3 Å². The van der Waals surface area contributed by atoms with Gasteiger partial charge in [0.2, 0.25) is 0 Å². The summed E-state index contributed by atoms with van der Waals surface area (Å²) < 4.78 is 4.23. The van der Waals surface area contributed by atoms with Crippen LogP contribution in [0.25, 0.3) is 0 Å². The van der Waals surface area contributed by atoms with Crippen molar-refractivity contribution in [2.24, 2.45) is 5.92 Å². The number of quaternary nitrogens is 1. The van der Waals surface area contributed by atoms with Crippen LogP contribution in [0.2, 0.25) is 0 Å². The molecule has 0 heterocycles. The van der Waals surface area contributed by atoms with Crippen molar-refractivity contribution in [1.29, 1.82) is 0 Å².